The minimum atomic E-state index is -1.60. The van der Waals surface area contributed by atoms with Gasteiger partial charge in [0.05, 0.1) is 21.2 Å². The van der Waals surface area contributed by atoms with E-state index in [9.17, 15) is 24.5 Å². The maximum absolute atomic E-state index is 13.8. The van der Waals surface area contributed by atoms with Crippen LogP contribution in [-0.2, 0) is 16.0 Å². The highest BCUT2D eigenvalue weighted by Gasteiger charge is 2.64. The van der Waals surface area contributed by atoms with E-state index in [4.69, 9.17) is 4.98 Å². The van der Waals surface area contributed by atoms with E-state index in [1.165, 1.54) is 26.2 Å². The van der Waals surface area contributed by atoms with Crippen LogP contribution >= 0.6 is 11.3 Å². The number of rotatable bonds is 2. The first-order valence-corrected chi connectivity index (χ1v) is 12.3. The van der Waals surface area contributed by atoms with E-state index in [0.717, 1.165) is 30.8 Å². The number of carbonyl (C=O) groups excluding carboxylic acids is 3. The maximum atomic E-state index is 13.8. The lowest BCUT2D eigenvalue weighted by molar-refractivity contribution is -0.384. The molecule has 0 aliphatic carbocycles. The van der Waals surface area contributed by atoms with E-state index >= 15 is 0 Å². The van der Waals surface area contributed by atoms with E-state index < -0.39 is 34.2 Å². The van der Waals surface area contributed by atoms with Crippen LogP contribution < -0.4 is 9.80 Å². The van der Waals surface area contributed by atoms with Gasteiger partial charge in [0.1, 0.15) is 0 Å². The fourth-order valence-corrected chi connectivity index (χ4v) is 6.71. The third-order valence-corrected chi connectivity index (χ3v) is 8.60. The molecule has 6 rings (SSSR count). The van der Waals surface area contributed by atoms with Crippen molar-refractivity contribution >= 4 is 55.9 Å². The molecule has 0 N–H and O–H groups in total. The number of carbonyl (C=O) groups is 3. The summed E-state index contributed by atoms with van der Waals surface area (Å²) in [5, 5.41) is 12.3. The van der Waals surface area contributed by atoms with Crippen molar-refractivity contribution < 1.29 is 19.3 Å². The Morgan fingerprint density at radius 1 is 1.06 bits per heavy atom. The van der Waals surface area contributed by atoms with Crippen LogP contribution in [0, 0.1) is 15.5 Å². The molecule has 1 atom stereocenters. The molecule has 4 heterocycles. The summed E-state index contributed by atoms with van der Waals surface area (Å²) in [6.07, 6.45) is -0.0293. The number of barbiturate groups is 1. The Kier molecular flexibility index (Phi) is 4.80. The molecule has 11 nitrogen and oxygen atoms in total. The number of urea groups is 1. The quantitative estimate of drug-likeness (QED) is 0.295. The van der Waals surface area contributed by atoms with Crippen LogP contribution in [0.1, 0.15) is 5.56 Å². The lowest BCUT2D eigenvalue weighted by Gasteiger charge is -2.56. The van der Waals surface area contributed by atoms with Gasteiger partial charge in [-0.2, -0.15) is 0 Å². The number of benzene rings is 2. The number of anilines is 2. The van der Waals surface area contributed by atoms with E-state index in [2.05, 4.69) is 4.90 Å². The van der Waals surface area contributed by atoms with Gasteiger partial charge in [-0.05, 0) is 23.8 Å². The van der Waals surface area contributed by atoms with Gasteiger partial charge in [0.2, 0.25) is 11.8 Å². The number of hydrogen-bond donors (Lipinski definition) is 0. The number of aromatic nitrogens is 1. The number of non-ortho nitro benzene ring substituents is 1. The van der Waals surface area contributed by atoms with Crippen molar-refractivity contribution in [2.45, 2.75) is 12.5 Å². The van der Waals surface area contributed by atoms with Gasteiger partial charge < -0.3 is 9.80 Å². The molecule has 4 amide bonds. The Morgan fingerprint density at radius 3 is 2.47 bits per heavy atom. The number of nitrogens with zero attached hydrogens (tertiary/aromatic N) is 6. The summed E-state index contributed by atoms with van der Waals surface area (Å²) in [5.74, 6) is -1.18. The van der Waals surface area contributed by atoms with Crippen molar-refractivity contribution in [1.29, 1.82) is 0 Å². The standard InChI is InChI=1S/C24H22N6O5S/c1-26-20(31)24(21(32)27(2)23(26)33)12-14-11-15(30(34)35)7-8-17(14)29-10-9-28(13-19(24)29)22-25-16-5-3-4-6-18(16)36-22/h3-8,11,19H,9-10,12-13H2,1-2H3/t19-/m0/s1. The number of thiazole rings is 1. The lowest BCUT2D eigenvalue weighted by Crippen LogP contribution is -2.74. The summed E-state index contributed by atoms with van der Waals surface area (Å²) in [7, 11) is 2.74. The first-order chi connectivity index (χ1) is 17.2. The van der Waals surface area contributed by atoms with Gasteiger partial charge in [-0.1, -0.05) is 23.5 Å². The SMILES string of the molecule is CN1C(=O)N(C)C(=O)C2(Cc3cc([N+](=O)[O-])ccc3N3CCN(c4nc5ccccc5s4)C[C@H]32)C1=O. The first-order valence-electron chi connectivity index (χ1n) is 11.5. The molecule has 184 valence electrons. The van der Waals surface area contributed by atoms with Crippen LogP contribution in [0.3, 0.4) is 0 Å². The van der Waals surface area contributed by atoms with E-state index in [-0.39, 0.29) is 12.1 Å². The largest absolute Gasteiger partial charge is 0.363 e. The summed E-state index contributed by atoms with van der Waals surface area (Å²) in [5.41, 5.74) is 0.485. The highest BCUT2D eigenvalue weighted by molar-refractivity contribution is 7.22. The summed E-state index contributed by atoms with van der Waals surface area (Å²) in [4.78, 5) is 62.0. The summed E-state index contributed by atoms with van der Waals surface area (Å²) in [6.45, 7) is 1.41. The zero-order valence-corrected chi connectivity index (χ0v) is 20.4. The number of nitro benzene ring substituents is 1. The fourth-order valence-electron chi connectivity index (χ4n) is 5.71. The number of piperazine rings is 1. The van der Waals surface area contributed by atoms with Gasteiger partial charge in [0.25, 0.3) is 5.69 Å². The zero-order chi connectivity index (χ0) is 25.4. The predicted octanol–water partition coefficient (Wildman–Crippen LogP) is 2.49. The average Bonchev–Trinajstić information content (AvgIpc) is 3.33. The number of para-hydroxylation sites is 1. The third-order valence-electron chi connectivity index (χ3n) is 7.50. The molecular weight excluding hydrogens is 484 g/mol. The van der Waals surface area contributed by atoms with Crippen molar-refractivity contribution in [1.82, 2.24) is 14.8 Å². The van der Waals surface area contributed by atoms with Gasteiger partial charge >= 0.3 is 6.03 Å². The van der Waals surface area contributed by atoms with Gasteiger partial charge in [-0.15, -0.1) is 0 Å². The highest BCUT2D eigenvalue weighted by Crippen LogP contribution is 2.48. The number of amides is 4. The number of imide groups is 2. The van der Waals surface area contributed by atoms with Crippen molar-refractivity contribution in [3.63, 3.8) is 0 Å². The second kappa shape index (κ2) is 7.72. The molecule has 1 aromatic heterocycles. The van der Waals surface area contributed by atoms with Gasteiger partial charge in [-0.3, -0.25) is 29.5 Å². The van der Waals surface area contributed by atoms with Crippen LogP contribution in [0.2, 0.25) is 0 Å². The van der Waals surface area contributed by atoms with Crippen molar-refractivity contribution in [3.8, 4) is 0 Å². The molecule has 12 heteroatoms. The van der Waals surface area contributed by atoms with Gasteiger partial charge in [0.15, 0.2) is 10.5 Å². The maximum Gasteiger partial charge on any atom is 0.332 e. The van der Waals surface area contributed by atoms with Crippen LogP contribution in [0.4, 0.5) is 21.3 Å². The smallest absolute Gasteiger partial charge is 0.332 e. The molecule has 3 aliphatic heterocycles. The molecule has 0 radical (unpaired) electrons. The van der Waals surface area contributed by atoms with Crippen molar-refractivity contribution in [3.05, 3.63) is 58.1 Å². The molecule has 2 fully saturated rings. The fraction of sp³-hybridized carbons (Fsp3) is 0.333. The molecule has 2 aromatic carbocycles. The molecule has 36 heavy (non-hydrogen) atoms. The summed E-state index contributed by atoms with van der Waals surface area (Å²) >= 11 is 1.55. The minimum absolute atomic E-state index is 0.0293. The van der Waals surface area contributed by atoms with Gasteiger partial charge in [-0.25, -0.2) is 9.78 Å². The molecule has 0 saturated carbocycles. The number of nitro groups is 1. The van der Waals surface area contributed by atoms with Crippen molar-refractivity contribution in [2.24, 2.45) is 5.41 Å². The Labute approximate surface area is 209 Å². The molecule has 0 unspecified atom stereocenters. The summed E-state index contributed by atoms with van der Waals surface area (Å²) in [6, 6.07) is 11.1. The molecule has 2 saturated heterocycles. The lowest BCUT2D eigenvalue weighted by atomic mass is 9.67. The zero-order valence-electron chi connectivity index (χ0n) is 19.6. The van der Waals surface area contributed by atoms with Crippen LogP contribution in [0.5, 0.6) is 0 Å². The Morgan fingerprint density at radius 2 is 1.78 bits per heavy atom. The molecule has 3 aliphatic rings. The first kappa shape index (κ1) is 22.4. The van der Waals surface area contributed by atoms with Gasteiger partial charge in [0, 0.05) is 58.0 Å². The Hall–Kier alpha value is -4.06. The minimum Gasteiger partial charge on any atom is -0.363 e. The van der Waals surface area contributed by atoms with E-state index in [1.807, 2.05) is 29.2 Å². The van der Waals surface area contributed by atoms with Crippen LogP contribution in [-0.4, -0.2) is 77.3 Å². The molecular formula is C24H22N6O5S. The molecule has 0 bridgehead atoms. The normalized spacial score (nSPS) is 21.3. The molecule has 3 aromatic rings. The number of fused-ring (bicyclic) bond motifs is 5. The van der Waals surface area contributed by atoms with E-state index in [0.29, 0.717) is 25.2 Å². The predicted molar refractivity (Wildman–Crippen MR) is 133 cm³/mol. The van der Waals surface area contributed by atoms with Crippen LogP contribution in [0.25, 0.3) is 10.2 Å². The monoisotopic (exact) mass is 506 g/mol. The molecule has 1 spiro atoms. The Balaban J connectivity index is 1.49. The highest BCUT2D eigenvalue weighted by atomic mass is 32.1. The number of hydrogen-bond acceptors (Lipinski definition) is 9. The van der Waals surface area contributed by atoms with Crippen LogP contribution in [0.15, 0.2) is 42.5 Å². The van der Waals surface area contributed by atoms with Crippen molar-refractivity contribution in [2.75, 3.05) is 43.5 Å². The summed E-state index contributed by atoms with van der Waals surface area (Å²) < 4.78 is 1.04. The average molecular weight is 507 g/mol. The Bertz CT molecular complexity index is 1410. The third kappa shape index (κ3) is 2.97. The topological polar surface area (TPSA) is 120 Å². The second-order valence-electron chi connectivity index (χ2n) is 9.35. The van der Waals surface area contributed by atoms with E-state index in [1.54, 1.807) is 17.4 Å². The second-order valence-corrected chi connectivity index (χ2v) is 10.4.